The van der Waals surface area contributed by atoms with Gasteiger partial charge in [-0.25, -0.2) is 4.98 Å². The zero-order valence-corrected chi connectivity index (χ0v) is 11.8. The molecule has 2 heterocycles. The summed E-state index contributed by atoms with van der Waals surface area (Å²) >= 11 is 0. The fourth-order valence-corrected chi connectivity index (χ4v) is 1.78. The second-order valence-electron chi connectivity index (χ2n) is 4.65. The van der Waals surface area contributed by atoms with Crippen molar-refractivity contribution in [3.63, 3.8) is 0 Å². The number of aromatic nitrogens is 3. The highest BCUT2D eigenvalue weighted by atomic mass is 16.2. The summed E-state index contributed by atoms with van der Waals surface area (Å²) in [6.45, 7) is 4.13. The van der Waals surface area contributed by atoms with Crippen LogP contribution < -0.4 is 16.4 Å². The van der Waals surface area contributed by atoms with Crippen molar-refractivity contribution < 1.29 is 4.79 Å². The standard InChI is InChI=1S/C14H16N4O3/c1-9-10(2)17-8-18(14(9)21)6-5-15-13(20)11-3-4-12(19)16-7-11/h3-4,7-8H,5-6H2,1-2H3,(H,15,20)(H,16,19). The fourth-order valence-electron chi connectivity index (χ4n) is 1.78. The van der Waals surface area contributed by atoms with Gasteiger partial charge in [0.25, 0.3) is 11.5 Å². The number of nitrogens with one attached hydrogen (secondary N) is 2. The Morgan fingerprint density at radius 2 is 2.10 bits per heavy atom. The molecule has 21 heavy (non-hydrogen) atoms. The van der Waals surface area contributed by atoms with E-state index in [2.05, 4.69) is 15.3 Å². The van der Waals surface area contributed by atoms with Crippen molar-refractivity contribution >= 4 is 5.91 Å². The molecule has 0 atom stereocenters. The Morgan fingerprint density at radius 1 is 1.33 bits per heavy atom. The predicted octanol–water partition coefficient (Wildman–Crippen LogP) is -0.0216. The molecule has 0 fully saturated rings. The highest BCUT2D eigenvalue weighted by molar-refractivity contribution is 5.93. The second-order valence-corrected chi connectivity index (χ2v) is 4.65. The Hall–Kier alpha value is -2.70. The maximum atomic E-state index is 11.9. The van der Waals surface area contributed by atoms with Gasteiger partial charge < -0.3 is 10.3 Å². The van der Waals surface area contributed by atoms with Crippen molar-refractivity contribution in [3.05, 3.63) is 62.2 Å². The Bertz CT molecular complexity index is 756. The number of rotatable bonds is 4. The molecule has 0 unspecified atom stereocenters. The van der Waals surface area contributed by atoms with Gasteiger partial charge in [0.05, 0.1) is 11.9 Å². The molecule has 2 N–H and O–H groups in total. The molecule has 7 heteroatoms. The van der Waals surface area contributed by atoms with Crippen molar-refractivity contribution in [1.29, 1.82) is 0 Å². The first kappa shape index (κ1) is 14.7. The van der Waals surface area contributed by atoms with E-state index >= 15 is 0 Å². The summed E-state index contributed by atoms with van der Waals surface area (Å²) in [5.41, 5.74) is 1.29. The van der Waals surface area contributed by atoms with Gasteiger partial charge in [0.1, 0.15) is 0 Å². The summed E-state index contributed by atoms with van der Waals surface area (Å²) in [6.07, 6.45) is 2.82. The number of carbonyl (C=O) groups is 1. The van der Waals surface area contributed by atoms with Crippen LogP contribution in [0.3, 0.4) is 0 Å². The first-order valence-electron chi connectivity index (χ1n) is 6.48. The molecule has 0 saturated carbocycles. The molecule has 0 aliphatic carbocycles. The van der Waals surface area contributed by atoms with Gasteiger partial charge in [-0.15, -0.1) is 0 Å². The van der Waals surface area contributed by atoms with E-state index < -0.39 is 0 Å². The van der Waals surface area contributed by atoms with Crippen LogP contribution in [0.15, 0.2) is 34.2 Å². The molecule has 0 saturated heterocycles. The summed E-state index contributed by atoms with van der Waals surface area (Å²) < 4.78 is 1.45. The number of pyridine rings is 1. The minimum absolute atomic E-state index is 0.110. The van der Waals surface area contributed by atoms with Crippen molar-refractivity contribution in [2.45, 2.75) is 20.4 Å². The zero-order valence-electron chi connectivity index (χ0n) is 11.8. The first-order chi connectivity index (χ1) is 9.99. The minimum Gasteiger partial charge on any atom is -0.350 e. The maximum absolute atomic E-state index is 11.9. The number of nitrogens with zero attached hydrogens (tertiary/aromatic N) is 2. The lowest BCUT2D eigenvalue weighted by Gasteiger charge is -2.08. The molecule has 7 nitrogen and oxygen atoms in total. The molecule has 110 valence electrons. The molecular weight excluding hydrogens is 272 g/mol. The smallest absolute Gasteiger partial charge is 0.256 e. The molecule has 2 aromatic heterocycles. The van der Waals surface area contributed by atoms with Crippen LogP contribution in [-0.4, -0.2) is 27.0 Å². The van der Waals surface area contributed by atoms with Crippen LogP contribution in [0.25, 0.3) is 0 Å². The van der Waals surface area contributed by atoms with Crippen molar-refractivity contribution in [1.82, 2.24) is 19.9 Å². The third-order valence-corrected chi connectivity index (χ3v) is 3.20. The Kier molecular flexibility index (Phi) is 4.32. The van der Waals surface area contributed by atoms with E-state index in [1.165, 1.54) is 29.2 Å². The molecule has 2 aromatic rings. The summed E-state index contributed by atoms with van der Waals surface area (Å²) in [5, 5.41) is 2.68. The quantitative estimate of drug-likeness (QED) is 0.826. The third-order valence-electron chi connectivity index (χ3n) is 3.20. The van der Waals surface area contributed by atoms with E-state index in [9.17, 15) is 14.4 Å². The number of aryl methyl sites for hydroxylation is 1. The maximum Gasteiger partial charge on any atom is 0.256 e. The van der Waals surface area contributed by atoms with Gasteiger partial charge in [0.2, 0.25) is 5.56 Å². The number of amides is 1. The first-order valence-corrected chi connectivity index (χ1v) is 6.48. The molecule has 0 spiro atoms. The van der Waals surface area contributed by atoms with Gasteiger partial charge in [-0.2, -0.15) is 0 Å². The Balaban J connectivity index is 1.97. The Labute approximate surface area is 120 Å². The largest absolute Gasteiger partial charge is 0.350 e. The van der Waals surface area contributed by atoms with E-state index in [0.717, 1.165) is 0 Å². The monoisotopic (exact) mass is 288 g/mol. The third kappa shape index (κ3) is 3.44. The van der Waals surface area contributed by atoms with Crippen LogP contribution in [0.5, 0.6) is 0 Å². The fraction of sp³-hybridized carbons (Fsp3) is 0.286. The SMILES string of the molecule is Cc1ncn(CCNC(=O)c2ccc(=O)[nH]c2)c(=O)c1C. The van der Waals surface area contributed by atoms with E-state index in [1.807, 2.05) is 0 Å². The number of hydrogen-bond acceptors (Lipinski definition) is 4. The number of H-pyrrole nitrogens is 1. The minimum atomic E-state index is -0.309. The van der Waals surface area contributed by atoms with Crippen LogP contribution in [0.1, 0.15) is 21.6 Å². The molecule has 2 rings (SSSR count). The predicted molar refractivity (Wildman–Crippen MR) is 77.4 cm³/mol. The van der Waals surface area contributed by atoms with Crippen LogP contribution in [-0.2, 0) is 6.54 Å². The van der Waals surface area contributed by atoms with Gasteiger partial charge in [-0.05, 0) is 19.9 Å². The summed E-state index contributed by atoms with van der Waals surface area (Å²) in [7, 11) is 0. The topological polar surface area (TPSA) is 96.8 Å². The summed E-state index contributed by atoms with van der Waals surface area (Å²) in [6, 6.07) is 2.73. The van der Waals surface area contributed by atoms with Crippen molar-refractivity contribution in [2.75, 3.05) is 6.54 Å². The van der Waals surface area contributed by atoms with Gasteiger partial charge in [-0.3, -0.25) is 19.0 Å². The van der Waals surface area contributed by atoms with E-state index in [1.54, 1.807) is 13.8 Å². The second kappa shape index (κ2) is 6.17. The molecule has 1 amide bonds. The van der Waals surface area contributed by atoms with Crippen LogP contribution in [0.2, 0.25) is 0 Å². The summed E-state index contributed by atoms with van der Waals surface area (Å²) in [4.78, 5) is 41.2. The van der Waals surface area contributed by atoms with E-state index in [0.29, 0.717) is 29.9 Å². The van der Waals surface area contributed by atoms with E-state index in [-0.39, 0.29) is 17.0 Å². The van der Waals surface area contributed by atoms with Gasteiger partial charge in [0.15, 0.2) is 0 Å². The molecule has 0 aliphatic rings. The lowest BCUT2D eigenvalue weighted by molar-refractivity contribution is 0.0951. The molecule has 0 radical (unpaired) electrons. The lowest BCUT2D eigenvalue weighted by atomic mass is 10.2. The molecule has 0 aliphatic heterocycles. The normalized spacial score (nSPS) is 10.4. The highest BCUT2D eigenvalue weighted by Gasteiger charge is 2.06. The zero-order chi connectivity index (χ0) is 15.4. The molecule has 0 aromatic carbocycles. The van der Waals surface area contributed by atoms with Gasteiger partial charge in [0, 0.05) is 36.6 Å². The van der Waals surface area contributed by atoms with Gasteiger partial charge in [-0.1, -0.05) is 0 Å². The van der Waals surface area contributed by atoms with Crippen molar-refractivity contribution in [3.8, 4) is 0 Å². The van der Waals surface area contributed by atoms with E-state index in [4.69, 9.17) is 0 Å². The van der Waals surface area contributed by atoms with Crippen molar-refractivity contribution in [2.24, 2.45) is 0 Å². The number of hydrogen-bond donors (Lipinski definition) is 2. The summed E-state index contributed by atoms with van der Waals surface area (Å²) in [5.74, 6) is -0.309. The average molecular weight is 288 g/mol. The van der Waals surface area contributed by atoms with Crippen LogP contribution in [0.4, 0.5) is 0 Å². The highest BCUT2D eigenvalue weighted by Crippen LogP contribution is 1.95. The van der Waals surface area contributed by atoms with Crippen LogP contribution in [0, 0.1) is 13.8 Å². The number of carbonyl (C=O) groups excluding carboxylic acids is 1. The average Bonchev–Trinajstić information content (AvgIpc) is 2.48. The molecule has 0 bridgehead atoms. The van der Waals surface area contributed by atoms with Crippen LogP contribution >= 0.6 is 0 Å². The lowest BCUT2D eigenvalue weighted by Crippen LogP contribution is -2.32. The molecular formula is C14H16N4O3. The van der Waals surface area contributed by atoms with Gasteiger partial charge >= 0.3 is 0 Å². The Morgan fingerprint density at radius 3 is 2.76 bits per heavy atom. The number of aromatic amines is 1.